The smallest absolute Gasteiger partial charge is 0.319 e. The van der Waals surface area contributed by atoms with Gasteiger partial charge in [-0.3, -0.25) is 0 Å². The number of rotatable bonds is 4. The first-order valence-corrected chi connectivity index (χ1v) is 7.91. The average molecular weight is 308 g/mol. The van der Waals surface area contributed by atoms with Gasteiger partial charge in [-0.25, -0.2) is 9.18 Å². The van der Waals surface area contributed by atoms with Crippen molar-refractivity contribution in [3.05, 3.63) is 29.6 Å². The Bertz CT molecular complexity index is 529. The predicted octanol–water partition coefficient (Wildman–Crippen LogP) is 3.59. The number of halogens is 1. The van der Waals surface area contributed by atoms with E-state index in [1.54, 1.807) is 12.1 Å². The quantitative estimate of drug-likeness (QED) is 0.796. The molecule has 0 aromatic heterocycles. The van der Waals surface area contributed by atoms with E-state index >= 15 is 0 Å². The molecule has 0 bridgehead atoms. The molecule has 0 aliphatic heterocycles. The third-order valence-corrected chi connectivity index (χ3v) is 4.60. The fraction of sp³-hybridized carbons (Fsp3) is 0.588. The van der Waals surface area contributed by atoms with Gasteiger partial charge in [0.2, 0.25) is 0 Å². The lowest BCUT2D eigenvalue weighted by Crippen LogP contribution is -2.55. The minimum atomic E-state index is -0.676. The van der Waals surface area contributed by atoms with Gasteiger partial charge in [0.25, 0.3) is 0 Å². The van der Waals surface area contributed by atoms with Gasteiger partial charge in [0, 0.05) is 0 Å². The number of carbonyl (C=O) groups is 1. The van der Waals surface area contributed by atoms with Crippen LogP contribution in [0.3, 0.4) is 0 Å². The number of hydrogen-bond donors (Lipinski definition) is 3. The molecule has 1 aromatic carbocycles. The van der Waals surface area contributed by atoms with Gasteiger partial charge in [0.15, 0.2) is 0 Å². The molecular formula is C17H25FN2O2. The molecule has 122 valence electrons. The van der Waals surface area contributed by atoms with Gasteiger partial charge in [-0.15, -0.1) is 0 Å². The Morgan fingerprint density at radius 1 is 1.36 bits per heavy atom. The maximum atomic E-state index is 13.7. The molecule has 1 aromatic rings. The highest BCUT2D eigenvalue weighted by atomic mass is 19.1. The van der Waals surface area contributed by atoms with E-state index in [4.69, 9.17) is 0 Å². The Labute approximate surface area is 131 Å². The van der Waals surface area contributed by atoms with Crippen molar-refractivity contribution in [3.63, 3.8) is 0 Å². The van der Waals surface area contributed by atoms with E-state index < -0.39 is 17.4 Å². The lowest BCUT2D eigenvalue weighted by molar-refractivity contribution is 0.103. The van der Waals surface area contributed by atoms with Crippen molar-refractivity contribution in [1.29, 1.82) is 0 Å². The molecule has 1 saturated carbocycles. The van der Waals surface area contributed by atoms with E-state index in [9.17, 15) is 14.3 Å². The van der Waals surface area contributed by atoms with Gasteiger partial charge in [-0.05, 0) is 50.3 Å². The number of benzene rings is 1. The molecule has 0 radical (unpaired) electrons. The fourth-order valence-electron chi connectivity index (χ4n) is 3.16. The van der Waals surface area contributed by atoms with Crippen molar-refractivity contribution < 1.29 is 14.3 Å². The summed E-state index contributed by atoms with van der Waals surface area (Å²) < 4.78 is 13.7. The van der Waals surface area contributed by atoms with E-state index in [-0.39, 0.29) is 18.2 Å². The summed E-state index contributed by atoms with van der Waals surface area (Å²) in [5.74, 6) is -0.219. The molecule has 3 N–H and O–H groups in total. The predicted molar refractivity (Wildman–Crippen MR) is 85.4 cm³/mol. The SMILES string of the molecule is Cc1ccc(F)c(NC(=O)N[C@](C)(CO)C2CCCCC2)c1. The zero-order valence-corrected chi connectivity index (χ0v) is 13.3. The van der Waals surface area contributed by atoms with Crippen LogP contribution in [0.25, 0.3) is 0 Å². The molecule has 2 amide bonds. The number of nitrogens with one attached hydrogen (secondary N) is 2. The molecule has 0 unspecified atom stereocenters. The minimum Gasteiger partial charge on any atom is -0.394 e. The van der Waals surface area contributed by atoms with E-state index in [1.807, 2.05) is 13.8 Å². The van der Waals surface area contributed by atoms with Gasteiger partial charge < -0.3 is 15.7 Å². The summed E-state index contributed by atoms with van der Waals surface area (Å²) in [7, 11) is 0. The molecule has 4 nitrogen and oxygen atoms in total. The minimum absolute atomic E-state index is 0.124. The molecule has 22 heavy (non-hydrogen) atoms. The number of urea groups is 1. The maximum absolute atomic E-state index is 13.7. The van der Waals surface area contributed by atoms with E-state index in [0.29, 0.717) is 0 Å². The van der Waals surface area contributed by atoms with Gasteiger partial charge >= 0.3 is 6.03 Å². The van der Waals surface area contributed by atoms with Crippen LogP contribution in [0.2, 0.25) is 0 Å². The molecule has 1 aliphatic carbocycles. The van der Waals surface area contributed by atoms with Gasteiger partial charge in [0.05, 0.1) is 17.8 Å². The highest BCUT2D eigenvalue weighted by Gasteiger charge is 2.35. The Balaban J connectivity index is 2.03. The van der Waals surface area contributed by atoms with Gasteiger partial charge in [-0.1, -0.05) is 25.3 Å². The van der Waals surface area contributed by atoms with Crippen LogP contribution in [0, 0.1) is 18.7 Å². The highest BCUT2D eigenvalue weighted by molar-refractivity contribution is 5.90. The highest BCUT2D eigenvalue weighted by Crippen LogP contribution is 2.32. The summed E-state index contributed by atoms with van der Waals surface area (Å²) in [6.07, 6.45) is 5.44. The first-order valence-electron chi connectivity index (χ1n) is 7.91. The van der Waals surface area contributed by atoms with Crippen LogP contribution in [-0.4, -0.2) is 23.3 Å². The van der Waals surface area contributed by atoms with Crippen LogP contribution in [-0.2, 0) is 0 Å². The van der Waals surface area contributed by atoms with Crippen molar-refractivity contribution in [2.75, 3.05) is 11.9 Å². The molecule has 2 rings (SSSR count). The number of aliphatic hydroxyl groups is 1. The first kappa shape index (κ1) is 16.7. The lowest BCUT2D eigenvalue weighted by Gasteiger charge is -2.39. The summed E-state index contributed by atoms with van der Waals surface area (Å²) in [6.45, 7) is 3.57. The molecule has 0 spiro atoms. The van der Waals surface area contributed by atoms with E-state index in [2.05, 4.69) is 10.6 Å². The summed E-state index contributed by atoms with van der Waals surface area (Å²) in [5, 5.41) is 15.1. The van der Waals surface area contributed by atoms with Crippen LogP contribution in [0.5, 0.6) is 0 Å². The Morgan fingerprint density at radius 3 is 2.68 bits per heavy atom. The van der Waals surface area contributed by atoms with Crippen molar-refractivity contribution in [1.82, 2.24) is 5.32 Å². The number of carbonyl (C=O) groups excluding carboxylic acids is 1. The number of aliphatic hydroxyl groups excluding tert-OH is 1. The standard InChI is InChI=1S/C17H25FN2O2/c1-12-8-9-14(18)15(10-12)19-16(22)20-17(2,11-21)13-6-4-3-5-7-13/h8-10,13,21H,3-7,11H2,1-2H3,(H2,19,20,22)/t17-/m1/s1. The molecule has 0 heterocycles. The number of amides is 2. The topological polar surface area (TPSA) is 61.4 Å². The third kappa shape index (κ3) is 3.97. The molecule has 1 fully saturated rings. The normalized spacial score (nSPS) is 18.5. The fourth-order valence-corrected chi connectivity index (χ4v) is 3.16. The summed E-state index contributed by atoms with van der Waals surface area (Å²) in [4.78, 5) is 12.2. The average Bonchev–Trinajstić information content (AvgIpc) is 2.51. The lowest BCUT2D eigenvalue weighted by atomic mass is 9.76. The Morgan fingerprint density at radius 2 is 2.05 bits per heavy atom. The second-order valence-electron chi connectivity index (χ2n) is 6.47. The van der Waals surface area contributed by atoms with Crippen molar-refractivity contribution in [2.45, 2.75) is 51.5 Å². The third-order valence-electron chi connectivity index (χ3n) is 4.60. The van der Waals surface area contributed by atoms with Crippen LogP contribution in [0.15, 0.2) is 18.2 Å². The van der Waals surface area contributed by atoms with Crippen LogP contribution in [0.1, 0.15) is 44.6 Å². The number of aryl methyl sites for hydroxylation is 1. The Hall–Kier alpha value is -1.62. The molecule has 1 aliphatic rings. The molecule has 5 heteroatoms. The molecule has 1 atom stereocenters. The zero-order chi connectivity index (χ0) is 16.2. The van der Waals surface area contributed by atoms with Crippen LogP contribution >= 0.6 is 0 Å². The largest absolute Gasteiger partial charge is 0.394 e. The monoisotopic (exact) mass is 308 g/mol. The van der Waals surface area contributed by atoms with Crippen LogP contribution in [0.4, 0.5) is 14.9 Å². The second-order valence-corrected chi connectivity index (χ2v) is 6.47. The Kier molecular flexibility index (Phi) is 5.40. The summed E-state index contributed by atoms with van der Waals surface area (Å²) in [5.41, 5.74) is 0.348. The second kappa shape index (κ2) is 7.09. The zero-order valence-electron chi connectivity index (χ0n) is 13.3. The van der Waals surface area contributed by atoms with Crippen molar-refractivity contribution >= 4 is 11.7 Å². The first-order chi connectivity index (χ1) is 10.4. The maximum Gasteiger partial charge on any atom is 0.319 e. The van der Waals surface area contributed by atoms with E-state index in [1.165, 1.54) is 12.5 Å². The van der Waals surface area contributed by atoms with Crippen LogP contribution < -0.4 is 10.6 Å². The summed E-state index contributed by atoms with van der Waals surface area (Å²) >= 11 is 0. The molecule has 0 saturated heterocycles. The number of anilines is 1. The van der Waals surface area contributed by atoms with Crippen molar-refractivity contribution in [2.24, 2.45) is 5.92 Å². The summed E-state index contributed by atoms with van der Waals surface area (Å²) in [6, 6.07) is 4.09. The number of hydrogen-bond acceptors (Lipinski definition) is 2. The van der Waals surface area contributed by atoms with Crippen molar-refractivity contribution in [3.8, 4) is 0 Å². The van der Waals surface area contributed by atoms with Gasteiger partial charge in [0.1, 0.15) is 5.82 Å². The van der Waals surface area contributed by atoms with Gasteiger partial charge in [-0.2, -0.15) is 0 Å². The van der Waals surface area contributed by atoms with E-state index in [0.717, 1.165) is 31.2 Å². The molecular weight excluding hydrogens is 283 g/mol.